The van der Waals surface area contributed by atoms with Crippen LogP contribution in [0.2, 0.25) is 5.02 Å². The highest BCUT2D eigenvalue weighted by Gasteiger charge is 2.16. The predicted molar refractivity (Wildman–Crippen MR) is 90.4 cm³/mol. The fourth-order valence-electron chi connectivity index (χ4n) is 2.38. The van der Waals surface area contributed by atoms with Crippen LogP contribution >= 0.6 is 27.5 Å². The smallest absolute Gasteiger partial charge is 0.142 e. The van der Waals surface area contributed by atoms with Gasteiger partial charge in [-0.25, -0.2) is 4.39 Å². The predicted octanol–water partition coefficient (Wildman–Crippen LogP) is 5.44. The van der Waals surface area contributed by atoms with Crippen LogP contribution in [-0.4, -0.2) is 6.54 Å². The molecule has 1 atom stereocenters. The molecule has 4 heteroatoms. The highest BCUT2D eigenvalue weighted by atomic mass is 79.9. The van der Waals surface area contributed by atoms with Crippen LogP contribution in [0.3, 0.4) is 0 Å². The number of likely N-dealkylation sites (N-methyl/N-ethyl adjacent to an activating group) is 1. The van der Waals surface area contributed by atoms with Gasteiger partial charge in [0.1, 0.15) is 5.82 Å². The summed E-state index contributed by atoms with van der Waals surface area (Å²) in [7, 11) is 0. The molecule has 2 rings (SSSR count). The Morgan fingerprint density at radius 1 is 1.29 bits per heavy atom. The maximum Gasteiger partial charge on any atom is 0.142 e. The van der Waals surface area contributed by atoms with Gasteiger partial charge in [-0.15, -0.1) is 0 Å². The lowest BCUT2D eigenvalue weighted by atomic mass is 9.97. The molecule has 2 aromatic carbocycles. The summed E-state index contributed by atoms with van der Waals surface area (Å²) < 4.78 is 14.7. The Balaban J connectivity index is 2.30. The van der Waals surface area contributed by atoms with Crippen molar-refractivity contribution in [2.45, 2.75) is 26.3 Å². The van der Waals surface area contributed by atoms with Gasteiger partial charge in [0.05, 0.1) is 5.02 Å². The number of benzene rings is 2. The Kier molecular flexibility index (Phi) is 5.80. The van der Waals surface area contributed by atoms with Gasteiger partial charge in [0.25, 0.3) is 0 Å². The molecular formula is C17H18BrClFN. The fraction of sp³-hybridized carbons (Fsp3) is 0.294. The SMILES string of the molecule is CCNC(Cc1ccc(Cl)c(F)c1)c1cccc(C)c1Br. The van der Waals surface area contributed by atoms with E-state index >= 15 is 0 Å². The van der Waals surface area contributed by atoms with Crippen molar-refractivity contribution in [3.63, 3.8) is 0 Å². The lowest BCUT2D eigenvalue weighted by molar-refractivity contribution is 0.544. The lowest BCUT2D eigenvalue weighted by Crippen LogP contribution is -2.23. The van der Waals surface area contributed by atoms with Crippen LogP contribution in [0.5, 0.6) is 0 Å². The third-order valence-electron chi connectivity index (χ3n) is 3.47. The van der Waals surface area contributed by atoms with E-state index in [-0.39, 0.29) is 16.9 Å². The quantitative estimate of drug-likeness (QED) is 0.738. The van der Waals surface area contributed by atoms with Crippen molar-refractivity contribution in [2.75, 3.05) is 6.54 Å². The first kappa shape index (κ1) is 16.5. The molecule has 0 heterocycles. The van der Waals surface area contributed by atoms with E-state index in [0.717, 1.165) is 16.6 Å². The van der Waals surface area contributed by atoms with E-state index in [1.54, 1.807) is 6.07 Å². The third-order valence-corrected chi connectivity index (χ3v) is 4.86. The van der Waals surface area contributed by atoms with Crippen molar-refractivity contribution in [3.05, 3.63) is 68.4 Å². The Labute approximate surface area is 138 Å². The van der Waals surface area contributed by atoms with Crippen molar-refractivity contribution in [1.29, 1.82) is 0 Å². The topological polar surface area (TPSA) is 12.0 Å². The molecular weight excluding hydrogens is 353 g/mol. The van der Waals surface area contributed by atoms with E-state index in [1.165, 1.54) is 17.2 Å². The summed E-state index contributed by atoms with van der Waals surface area (Å²) >= 11 is 9.40. The summed E-state index contributed by atoms with van der Waals surface area (Å²) in [5.41, 5.74) is 3.31. The van der Waals surface area contributed by atoms with Gasteiger partial charge in [0.2, 0.25) is 0 Å². The zero-order chi connectivity index (χ0) is 15.4. The Morgan fingerprint density at radius 2 is 2.05 bits per heavy atom. The van der Waals surface area contributed by atoms with E-state index in [2.05, 4.69) is 47.2 Å². The average Bonchev–Trinajstić information content (AvgIpc) is 2.45. The van der Waals surface area contributed by atoms with Crippen molar-refractivity contribution < 1.29 is 4.39 Å². The fourth-order valence-corrected chi connectivity index (χ4v) is 3.04. The Bertz CT molecular complexity index is 630. The van der Waals surface area contributed by atoms with E-state index in [9.17, 15) is 4.39 Å². The zero-order valence-corrected chi connectivity index (χ0v) is 14.4. The molecule has 0 saturated carbocycles. The second kappa shape index (κ2) is 7.39. The molecule has 21 heavy (non-hydrogen) atoms. The van der Waals surface area contributed by atoms with Crippen LogP contribution in [0, 0.1) is 12.7 Å². The number of aryl methyl sites for hydroxylation is 1. The van der Waals surface area contributed by atoms with Gasteiger partial charge in [-0.3, -0.25) is 0 Å². The largest absolute Gasteiger partial charge is 0.310 e. The van der Waals surface area contributed by atoms with Crippen LogP contribution < -0.4 is 5.32 Å². The molecule has 0 aliphatic carbocycles. The van der Waals surface area contributed by atoms with Crippen LogP contribution in [0.15, 0.2) is 40.9 Å². The zero-order valence-electron chi connectivity index (χ0n) is 12.1. The minimum Gasteiger partial charge on any atom is -0.310 e. The third kappa shape index (κ3) is 4.06. The monoisotopic (exact) mass is 369 g/mol. The van der Waals surface area contributed by atoms with Crippen molar-refractivity contribution >= 4 is 27.5 Å². The Hall–Kier alpha value is -0.900. The van der Waals surface area contributed by atoms with Gasteiger partial charge in [-0.1, -0.05) is 58.7 Å². The molecule has 0 bridgehead atoms. The molecule has 112 valence electrons. The molecule has 2 aromatic rings. The molecule has 0 spiro atoms. The second-order valence-electron chi connectivity index (χ2n) is 5.04. The maximum atomic E-state index is 13.6. The standard InChI is InChI=1S/C17H18BrClFN/c1-3-21-16(13-6-4-5-11(2)17(13)18)10-12-7-8-14(19)15(20)9-12/h4-9,16,21H,3,10H2,1-2H3. The van der Waals surface area contributed by atoms with E-state index < -0.39 is 0 Å². The first-order chi connectivity index (χ1) is 10.0. The summed E-state index contributed by atoms with van der Waals surface area (Å²) in [6.45, 7) is 4.98. The van der Waals surface area contributed by atoms with Gasteiger partial charge in [-0.05, 0) is 48.7 Å². The first-order valence-electron chi connectivity index (χ1n) is 6.95. The molecule has 0 aliphatic heterocycles. The van der Waals surface area contributed by atoms with Gasteiger partial charge in [-0.2, -0.15) is 0 Å². The first-order valence-corrected chi connectivity index (χ1v) is 8.12. The van der Waals surface area contributed by atoms with E-state index in [1.807, 2.05) is 12.1 Å². The number of hydrogen-bond acceptors (Lipinski definition) is 1. The number of hydrogen-bond donors (Lipinski definition) is 1. The summed E-state index contributed by atoms with van der Waals surface area (Å²) in [5.74, 6) is -0.368. The normalized spacial score (nSPS) is 12.4. The highest BCUT2D eigenvalue weighted by molar-refractivity contribution is 9.10. The van der Waals surface area contributed by atoms with Gasteiger partial charge in [0, 0.05) is 10.5 Å². The summed E-state index contributed by atoms with van der Waals surface area (Å²) in [4.78, 5) is 0. The van der Waals surface area contributed by atoms with Gasteiger partial charge >= 0.3 is 0 Å². The van der Waals surface area contributed by atoms with E-state index in [4.69, 9.17) is 11.6 Å². The lowest BCUT2D eigenvalue weighted by Gasteiger charge is -2.21. The molecule has 0 aliphatic rings. The molecule has 0 aromatic heterocycles. The minimum absolute atomic E-state index is 0.129. The van der Waals surface area contributed by atoms with Gasteiger partial charge in [0.15, 0.2) is 0 Å². The molecule has 1 N–H and O–H groups in total. The van der Waals surface area contributed by atoms with Crippen LogP contribution in [0.4, 0.5) is 4.39 Å². The Morgan fingerprint density at radius 3 is 2.71 bits per heavy atom. The molecule has 0 saturated heterocycles. The number of rotatable bonds is 5. The summed E-state index contributed by atoms with van der Waals surface area (Å²) in [5, 5.41) is 3.63. The molecule has 0 amide bonds. The molecule has 0 fully saturated rings. The second-order valence-corrected chi connectivity index (χ2v) is 6.24. The van der Waals surface area contributed by atoms with E-state index in [0.29, 0.717) is 6.42 Å². The summed E-state index contributed by atoms with van der Waals surface area (Å²) in [6.07, 6.45) is 0.712. The number of halogens is 3. The van der Waals surface area contributed by atoms with Crippen molar-refractivity contribution in [1.82, 2.24) is 5.32 Å². The highest BCUT2D eigenvalue weighted by Crippen LogP contribution is 2.29. The van der Waals surface area contributed by atoms with Crippen LogP contribution in [0.25, 0.3) is 0 Å². The van der Waals surface area contributed by atoms with Crippen molar-refractivity contribution in [3.8, 4) is 0 Å². The summed E-state index contributed by atoms with van der Waals surface area (Å²) in [6, 6.07) is 11.3. The molecule has 1 unspecified atom stereocenters. The van der Waals surface area contributed by atoms with Crippen LogP contribution in [0.1, 0.15) is 29.7 Å². The minimum atomic E-state index is -0.368. The number of nitrogens with one attached hydrogen (secondary N) is 1. The molecule has 1 nitrogen and oxygen atoms in total. The molecule has 0 radical (unpaired) electrons. The van der Waals surface area contributed by atoms with Gasteiger partial charge < -0.3 is 5.32 Å². The van der Waals surface area contributed by atoms with Crippen molar-refractivity contribution in [2.24, 2.45) is 0 Å². The average molecular weight is 371 g/mol. The van der Waals surface area contributed by atoms with Crippen LogP contribution in [-0.2, 0) is 6.42 Å². The maximum absolute atomic E-state index is 13.6.